The maximum atomic E-state index is 13.5. The Labute approximate surface area is 314 Å². The molecule has 4 aliphatic rings. The van der Waals surface area contributed by atoms with Gasteiger partial charge in [-0.15, -0.1) is 0 Å². The lowest BCUT2D eigenvalue weighted by molar-refractivity contribution is 0.0593. The number of anilines is 2. The predicted molar refractivity (Wildman–Crippen MR) is 209 cm³/mol. The third-order valence-electron chi connectivity index (χ3n) is 11.7. The maximum absolute atomic E-state index is 13.5. The van der Waals surface area contributed by atoms with Gasteiger partial charge in [0, 0.05) is 94.4 Å². The summed E-state index contributed by atoms with van der Waals surface area (Å²) in [5.74, 6) is -1.09. The number of benzene rings is 4. The summed E-state index contributed by atoms with van der Waals surface area (Å²) in [6, 6.07) is 18.9. The summed E-state index contributed by atoms with van der Waals surface area (Å²) in [7, 11) is 0. The summed E-state index contributed by atoms with van der Waals surface area (Å²) < 4.78 is 0. The van der Waals surface area contributed by atoms with Crippen LogP contribution < -0.4 is 20.4 Å². The number of carbonyl (C=O) groups is 4. The number of aliphatic hydroxyl groups excluding tert-OH is 2. The third-order valence-corrected chi connectivity index (χ3v) is 11.7. The lowest BCUT2D eigenvalue weighted by Gasteiger charge is -2.31. The van der Waals surface area contributed by atoms with Gasteiger partial charge in [0.05, 0.1) is 25.3 Å². The van der Waals surface area contributed by atoms with Crippen LogP contribution in [0.5, 0.6) is 0 Å². The molecule has 0 unspecified atom stereocenters. The predicted octanol–water partition coefficient (Wildman–Crippen LogP) is 3.77. The quantitative estimate of drug-likeness (QED) is 0.105. The number of carbonyl (C=O) groups excluding carboxylic acids is 4. The highest BCUT2D eigenvalue weighted by molar-refractivity contribution is 6.28. The zero-order chi connectivity index (χ0) is 37.3. The van der Waals surface area contributed by atoms with Crippen LogP contribution in [0.2, 0.25) is 0 Å². The minimum atomic E-state index is -0.272. The van der Waals surface area contributed by atoms with Gasteiger partial charge in [0.2, 0.25) is 0 Å². The van der Waals surface area contributed by atoms with E-state index >= 15 is 0 Å². The Morgan fingerprint density at radius 3 is 1.35 bits per heavy atom. The van der Waals surface area contributed by atoms with Gasteiger partial charge in [0.1, 0.15) is 0 Å². The summed E-state index contributed by atoms with van der Waals surface area (Å²) in [6.07, 6.45) is 5.05. The highest BCUT2D eigenvalue weighted by Gasteiger charge is 2.36. The summed E-state index contributed by atoms with van der Waals surface area (Å²) in [5.41, 5.74) is 4.08. The van der Waals surface area contributed by atoms with E-state index in [0.717, 1.165) is 60.9 Å². The normalized spacial score (nSPS) is 19.7. The van der Waals surface area contributed by atoms with Crippen molar-refractivity contribution in [1.29, 1.82) is 0 Å². The van der Waals surface area contributed by atoms with Crippen molar-refractivity contribution in [1.82, 2.24) is 20.4 Å². The van der Waals surface area contributed by atoms with Crippen LogP contribution in [-0.2, 0) is 0 Å². The first kappa shape index (κ1) is 36.1. The van der Waals surface area contributed by atoms with E-state index in [9.17, 15) is 29.4 Å². The van der Waals surface area contributed by atoms with Gasteiger partial charge < -0.3 is 30.6 Å². The highest BCUT2D eigenvalue weighted by atomic mass is 16.3. The fourth-order valence-corrected chi connectivity index (χ4v) is 9.01. The van der Waals surface area contributed by atoms with E-state index in [4.69, 9.17) is 0 Å². The van der Waals surface area contributed by atoms with Crippen molar-refractivity contribution in [3.63, 3.8) is 0 Å². The Morgan fingerprint density at radius 2 is 0.944 bits per heavy atom. The van der Waals surface area contributed by atoms with Gasteiger partial charge in [-0.25, -0.2) is 0 Å². The average Bonchev–Trinajstić information content (AvgIpc) is 3.88. The Hall–Kier alpha value is -4.88. The van der Waals surface area contributed by atoms with Gasteiger partial charge in [0.15, 0.2) is 0 Å². The van der Waals surface area contributed by atoms with Crippen molar-refractivity contribution in [3.8, 4) is 0 Å². The number of hydrogen-bond donors (Lipinski definition) is 4. The van der Waals surface area contributed by atoms with Crippen LogP contribution in [0.1, 0.15) is 80.0 Å². The zero-order valence-corrected chi connectivity index (χ0v) is 30.6. The topological polar surface area (TPSA) is 146 Å². The van der Waals surface area contributed by atoms with Crippen LogP contribution in [0.15, 0.2) is 60.7 Å². The molecule has 0 aliphatic carbocycles. The second-order valence-corrected chi connectivity index (χ2v) is 14.8. The number of rotatable bonds is 15. The minimum Gasteiger partial charge on any atom is -0.394 e. The van der Waals surface area contributed by atoms with Gasteiger partial charge in [0.25, 0.3) is 23.6 Å². The largest absolute Gasteiger partial charge is 0.394 e. The van der Waals surface area contributed by atoms with Crippen molar-refractivity contribution in [2.75, 3.05) is 75.4 Å². The second kappa shape index (κ2) is 15.5. The average molecular weight is 733 g/mol. The van der Waals surface area contributed by atoms with Crippen LogP contribution in [-0.4, -0.2) is 121 Å². The molecule has 2 fully saturated rings. The molecule has 54 heavy (non-hydrogen) atoms. The molecule has 12 nitrogen and oxygen atoms in total. The van der Waals surface area contributed by atoms with E-state index < -0.39 is 0 Å². The number of amides is 4. The number of aliphatic hydroxyl groups is 2. The maximum Gasteiger partial charge on any atom is 0.261 e. The Kier molecular flexibility index (Phi) is 10.3. The van der Waals surface area contributed by atoms with Crippen molar-refractivity contribution < 1.29 is 29.4 Å². The molecule has 12 heteroatoms. The number of nitrogens with zero attached hydrogens (tertiary/aromatic N) is 4. The Morgan fingerprint density at radius 1 is 0.537 bits per heavy atom. The van der Waals surface area contributed by atoms with Crippen LogP contribution in [0.3, 0.4) is 0 Å². The molecule has 4 aliphatic heterocycles. The number of nitrogens with one attached hydrogen (secondary N) is 2. The molecule has 4 amide bonds. The molecule has 8 rings (SSSR count). The molecule has 4 aromatic rings. The lowest BCUT2D eigenvalue weighted by Crippen LogP contribution is -2.42. The van der Waals surface area contributed by atoms with E-state index in [1.807, 2.05) is 48.5 Å². The van der Waals surface area contributed by atoms with Crippen molar-refractivity contribution in [2.45, 2.75) is 50.6 Å². The molecular weight excluding hydrogens is 684 g/mol. The zero-order valence-electron chi connectivity index (χ0n) is 30.6. The molecule has 4 aromatic carbocycles. The minimum absolute atomic E-state index is 0.0409. The second-order valence-electron chi connectivity index (χ2n) is 14.8. The molecule has 2 saturated heterocycles. The molecule has 282 valence electrons. The SMILES string of the molecule is O=C1c2cccc3c(N4CCC[C@H]4CO)ccc(c23)C(=O)N1CCCNCCNCCCN1C(=O)c2cccc3c(N4CCC[C@H]4CO)ccc(c23)C1=O. The van der Waals surface area contributed by atoms with E-state index in [0.29, 0.717) is 85.1 Å². The van der Waals surface area contributed by atoms with Gasteiger partial charge >= 0.3 is 0 Å². The van der Waals surface area contributed by atoms with Gasteiger partial charge in [-0.1, -0.05) is 24.3 Å². The number of imide groups is 2. The van der Waals surface area contributed by atoms with Crippen LogP contribution >= 0.6 is 0 Å². The van der Waals surface area contributed by atoms with Gasteiger partial charge in [-0.05, 0) is 88.0 Å². The number of hydrogen-bond acceptors (Lipinski definition) is 10. The molecular formula is C42H48N6O6. The summed E-state index contributed by atoms with van der Waals surface area (Å²) >= 11 is 0. The summed E-state index contributed by atoms with van der Waals surface area (Å²) in [5, 5.41) is 29.7. The highest BCUT2D eigenvalue weighted by Crippen LogP contribution is 2.40. The van der Waals surface area contributed by atoms with Crippen molar-refractivity contribution >= 4 is 56.5 Å². The summed E-state index contributed by atoms with van der Waals surface area (Å²) in [6.45, 7) is 5.08. The van der Waals surface area contributed by atoms with E-state index in [2.05, 4.69) is 20.4 Å². The molecule has 0 aromatic heterocycles. The van der Waals surface area contributed by atoms with Gasteiger partial charge in [-0.2, -0.15) is 0 Å². The standard InChI is InChI=1S/C42H48N6O6/c49-25-27-7-3-21-45(27)35-15-13-33-37-29(35)9-1-11-31(37)39(51)47(41(33)53)23-5-17-43-19-20-44-18-6-24-48-40(52)32-12-2-10-30-36(46-22-4-8-28(46)26-50)16-14-34(38(30)32)42(48)54/h1-2,9-16,27-28,43-44,49-50H,3-8,17-26H2/t27-,28-/m0/s1. The van der Waals surface area contributed by atoms with Gasteiger partial charge in [-0.3, -0.25) is 29.0 Å². The molecule has 0 saturated carbocycles. The third kappa shape index (κ3) is 6.30. The van der Waals surface area contributed by atoms with E-state index in [-0.39, 0.29) is 48.9 Å². The smallest absolute Gasteiger partial charge is 0.261 e. The van der Waals surface area contributed by atoms with Crippen molar-refractivity contribution in [2.24, 2.45) is 0 Å². The van der Waals surface area contributed by atoms with Crippen LogP contribution in [0.25, 0.3) is 21.5 Å². The fourth-order valence-electron chi connectivity index (χ4n) is 9.01. The Bertz CT molecular complexity index is 1930. The monoisotopic (exact) mass is 732 g/mol. The first-order chi connectivity index (χ1) is 26.4. The summed E-state index contributed by atoms with van der Waals surface area (Å²) in [4.78, 5) is 61.3. The molecule has 2 atom stereocenters. The van der Waals surface area contributed by atoms with Crippen molar-refractivity contribution in [3.05, 3.63) is 82.9 Å². The first-order valence-electron chi connectivity index (χ1n) is 19.4. The van der Waals surface area contributed by atoms with E-state index in [1.165, 1.54) is 9.80 Å². The molecule has 4 N–H and O–H groups in total. The molecule has 0 spiro atoms. The van der Waals surface area contributed by atoms with E-state index in [1.54, 1.807) is 12.1 Å². The van der Waals surface area contributed by atoms with Crippen LogP contribution in [0, 0.1) is 0 Å². The molecule has 0 bridgehead atoms. The molecule has 4 heterocycles. The lowest BCUT2D eigenvalue weighted by atomic mass is 9.92. The first-order valence-corrected chi connectivity index (χ1v) is 19.4. The molecule has 0 radical (unpaired) electrons. The van der Waals surface area contributed by atoms with Crippen LogP contribution in [0.4, 0.5) is 11.4 Å². The fraction of sp³-hybridized carbons (Fsp3) is 0.429. The Balaban J connectivity index is 0.788.